The lowest BCUT2D eigenvalue weighted by atomic mass is 10.1. The van der Waals surface area contributed by atoms with Crippen LogP contribution in [0.1, 0.15) is 29.5 Å². The standard InChI is InChI=1S/C12H19NO3S2/c1-8(10-3-4-10)6-13-18(15,16)12-5-11(7-14)17-9(12)2/h5,8,10,13-14H,3-4,6-7H2,1-2H3. The fourth-order valence-corrected chi connectivity index (χ4v) is 4.66. The van der Waals surface area contributed by atoms with Crippen LogP contribution in [0.15, 0.2) is 11.0 Å². The molecule has 4 nitrogen and oxygen atoms in total. The van der Waals surface area contributed by atoms with Crippen molar-refractivity contribution in [2.24, 2.45) is 11.8 Å². The predicted octanol–water partition coefficient (Wildman–Crippen LogP) is 1.87. The van der Waals surface area contributed by atoms with Gasteiger partial charge in [0.2, 0.25) is 10.0 Å². The van der Waals surface area contributed by atoms with Gasteiger partial charge >= 0.3 is 0 Å². The Bertz CT molecular complexity index is 517. The highest BCUT2D eigenvalue weighted by Crippen LogP contribution is 2.36. The van der Waals surface area contributed by atoms with E-state index in [9.17, 15) is 8.42 Å². The lowest BCUT2D eigenvalue weighted by Gasteiger charge is -2.11. The molecule has 1 heterocycles. The summed E-state index contributed by atoms with van der Waals surface area (Å²) in [5.41, 5.74) is 0. The summed E-state index contributed by atoms with van der Waals surface area (Å²) in [5.74, 6) is 1.08. The molecule has 1 aromatic rings. The number of aliphatic hydroxyl groups excluding tert-OH is 1. The number of nitrogens with one attached hydrogen (secondary N) is 1. The molecule has 1 aromatic heterocycles. The minimum Gasteiger partial charge on any atom is -0.391 e. The third-order valence-corrected chi connectivity index (χ3v) is 6.10. The monoisotopic (exact) mass is 289 g/mol. The number of sulfonamides is 1. The summed E-state index contributed by atoms with van der Waals surface area (Å²) in [7, 11) is -3.43. The van der Waals surface area contributed by atoms with E-state index in [0.29, 0.717) is 28.2 Å². The summed E-state index contributed by atoms with van der Waals surface area (Å²) in [5, 5.41) is 9.04. The lowest BCUT2D eigenvalue weighted by Crippen LogP contribution is -2.29. The molecule has 2 rings (SSSR count). The quantitative estimate of drug-likeness (QED) is 0.840. The summed E-state index contributed by atoms with van der Waals surface area (Å²) >= 11 is 1.32. The van der Waals surface area contributed by atoms with Gasteiger partial charge in [0.1, 0.15) is 0 Å². The molecule has 6 heteroatoms. The Balaban J connectivity index is 2.06. The maximum Gasteiger partial charge on any atom is 0.241 e. The van der Waals surface area contributed by atoms with Gasteiger partial charge in [-0.2, -0.15) is 0 Å². The molecular formula is C12H19NO3S2. The van der Waals surface area contributed by atoms with Crippen molar-refractivity contribution in [3.05, 3.63) is 15.8 Å². The van der Waals surface area contributed by atoms with Crippen LogP contribution in [-0.4, -0.2) is 20.1 Å². The Hall–Kier alpha value is -0.430. The highest BCUT2D eigenvalue weighted by molar-refractivity contribution is 7.89. The SMILES string of the molecule is Cc1sc(CO)cc1S(=O)(=O)NCC(C)C1CC1. The van der Waals surface area contributed by atoms with E-state index >= 15 is 0 Å². The zero-order chi connectivity index (χ0) is 13.3. The van der Waals surface area contributed by atoms with Gasteiger partial charge in [-0.1, -0.05) is 6.92 Å². The largest absolute Gasteiger partial charge is 0.391 e. The van der Waals surface area contributed by atoms with Crippen LogP contribution < -0.4 is 4.72 Å². The highest BCUT2D eigenvalue weighted by Gasteiger charge is 2.29. The topological polar surface area (TPSA) is 66.4 Å². The Morgan fingerprint density at radius 2 is 2.22 bits per heavy atom. The van der Waals surface area contributed by atoms with Gasteiger partial charge in [-0.3, -0.25) is 0 Å². The minimum atomic E-state index is -3.43. The van der Waals surface area contributed by atoms with E-state index in [2.05, 4.69) is 11.6 Å². The smallest absolute Gasteiger partial charge is 0.241 e. The summed E-state index contributed by atoms with van der Waals surface area (Å²) in [4.78, 5) is 1.72. The van der Waals surface area contributed by atoms with Crippen molar-refractivity contribution in [3.8, 4) is 0 Å². The fraction of sp³-hybridized carbons (Fsp3) is 0.667. The Labute approximate surface area is 112 Å². The van der Waals surface area contributed by atoms with Gasteiger partial charge in [0.05, 0.1) is 11.5 Å². The molecule has 0 saturated heterocycles. The molecule has 1 aliphatic carbocycles. The van der Waals surface area contributed by atoms with Crippen molar-refractivity contribution >= 4 is 21.4 Å². The van der Waals surface area contributed by atoms with E-state index in [1.165, 1.54) is 24.2 Å². The van der Waals surface area contributed by atoms with Gasteiger partial charge in [-0.05, 0) is 37.7 Å². The Kier molecular flexibility index (Phi) is 4.11. The lowest BCUT2D eigenvalue weighted by molar-refractivity contribution is 0.285. The zero-order valence-corrected chi connectivity index (χ0v) is 12.3. The molecule has 0 aromatic carbocycles. The molecule has 1 unspecified atom stereocenters. The summed E-state index contributed by atoms with van der Waals surface area (Å²) in [6.45, 7) is 4.23. The van der Waals surface area contributed by atoms with E-state index in [-0.39, 0.29) is 6.61 Å². The average Bonchev–Trinajstić information content (AvgIpc) is 3.09. The van der Waals surface area contributed by atoms with Crippen molar-refractivity contribution in [2.75, 3.05) is 6.54 Å². The van der Waals surface area contributed by atoms with E-state index in [4.69, 9.17) is 5.11 Å². The molecule has 1 saturated carbocycles. The third-order valence-electron chi connectivity index (χ3n) is 3.39. The van der Waals surface area contributed by atoms with Crippen LogP contribution in [0.5, 0.6) is 0 Å². The molecule has 0 aliphatic heterocycles. The second-order valence-electron chi connectivity index (χ2n) is 4.96. The Morgan fingerprint density at radius 1 is 1.56 bits per heavy atom. The van der Waals surface area contributed by atoms with Crippen LogP contribution in [0.4, 0.5) is 0 Å². The molecule has 2 N–H and O–H groups in total. The molecule has 1 fully saturated rings. The molecule has 0 radical (unpaired) electrons. The van der Waals surface area contributed by atoms with E-state index < -0.39 is 10.0 Å². The zero-order valence-electron chi connectivity index (χ0n) is 10.6. The maximum absolute atomic E-state index is 12.1. The van der Waals surface area contributed by atoms with Crippen LogP contribution in [0.3, 0.4) is 0 Å². The molecule has 102 valence electrons. The summed E-state index contributed by atoms with van der Waals surface area (Å²) < 4.78 is 27.0. The molecule has 0 spiro atoms. The number of rotatable bonds is 6. The van der Waals surface area contributed by atoms with Crippen LogP contribution in [0.2, 0.25) is 0 Å². The van der Waals surface area contributed by atoms with Gasteiger partial charge in [-0.15, -0.1) is 11.3 Å². The van der Waals surface area contributed by atoms with Gasteiger partial charge in [-0.25, -0.2) is 13.1 Å². The van der Waals surface area contributed by atoms with Crippen LogP contribution in [0, 0.1) is 18.8 Å². The maximum atomic E-state index is 12.1. The minimum absolute atomic E-state index is 0.112. The van der Waals surface area contributed by atoms with Gasteiger partial charge < -0.3 is 5.11 Å². The first-order valence-corrected chi connectivity index (χ1v) is 8.44. The first kappa shape index (κ1) is 14.0. The summed E-state index contributed by atoms with van der Waals surface area (Å²) in [6.07, 6.45) is 2.43. The Morgan fingerprint density at radius 3 is 2.72 bits per heavy atom. The fourth-order valence-electron chi connectivity index (χ4n) is 2.02. The molecule has 0 amide bonds. The molecule has 1 aliphatic rings. The van der Waals surface area contributed by atoms with Crippen LogP contribution in [-0.2, 0) is 16.6 Å². The van der Waals surface area contributed by atoms with Crippen molar-refractivity contribution < 1.29 is 13.5 Å². The first-order valence-electron chi connectivity index (χ1n) is 6.14. The molecule has 0 bridgehead atoms. The predicted molar refractivity (Wildman–Crippen MR) is 72.1 cm³/mol. The van der Waals surface area contributed by atoms with E-state index in [1.807, 2.05) is 0 Å². The molecule has 1 atom stereocenters. The molecular weight excluding hydrogens is 270 g/mol. The normalized spacial score (nSPS) is 17.9. The summed E-state index contributed by atoms with van der Waals surface area (Å²) in [6, 6.07) is 1.56. The number of hydrogen-bond acceptors (Lipinski definition) is 4. The second kappa shape index (κ2) is 5.28. The highest BCUT2D eigenvalue weighted by atomic mass is 32.2. The number of aryl methyl sites for hydroxylation is 1. The van der Waals surface area contributed by atoms with E-state index in [1.54, 1.807) is 13.0 Å². The molecule has 18 heavy (non-hydrogen) atoms. The van der Waals surface area contributed by atoms with Gasteiger partial charge in [0.25, 0.3) is 0 Å². The van der Waals surface area contributed by atoms with Crippen molar-refractivity contribution in [3.63, 3.8) is 0 Å². The van der Waals surface area contributed by atoms with E-state index in [0.717, 1.165) is 4.88 Å². The van der Waals surface area contributed by atoms with Crippen LogP contribution in [0.25, 0.3) is 0 Å². The van der Waals surface area contributed by atoms with Gasteiger partial charge in [0.15, 0.2) is 0 Å². The van der Waals surface area contributed by atoms with Crippen molar-refractivity contribution in [1.82, 2.24) is 4.72 Å². The van der Waals surface area contributed by atoms with Gasteiger partial charge in [0, 0.05) is 16.3 Å². The average molecular weight is 289 g/mol. The van der Waals surface area contributed by atoms with Crippen LogP contribution >= 0.6 is 11.3 Å². The first-order chi connectivity index (χ1) is 8.44. The number of aliphatic hydroxyl groups is 1. The third kappa shape index (κ3) is 3.12. The van der Waals surface area contributed by atoms with Crippen molar-refractivity contribution in [1.29, 1.82) is 0 Å². The second-order valence-corrected chi connectivity index (χ2v) is 8.03. The van der Waals surface area contributed by atoms with Crippen molar-refractivity contribution in [2.45, 2.75) is 38.2 Å². The number of thiophene rings is 1. The number of hydrogen-bond donors (Lipinski definition) is 2.